The summed E-state index contributed by atoms with van der Waals surface area (Å²) in [6.07, 6.45) is 11.2. The maximum Gasteiger partial charge on any atom is 0.355 e. The van der Waals surface area contributed by atoms with Gasteiger partial charge in [0.2, 0.25) is 0 Å². The van der Waals surface area contributed by atoms with E-state index in [9.17, 15) is 9.59 Å². The monoisotopic (exact) mass is 293 g/mol. The van der Waals surface area contributed by atoms with Crippen LogP contribution in [0.2, 0.25) is 0 Å². The molecule has 4 heteroatoms. The van der Waals surface area contributed by atoms with Gasteiger partial charge in [-0.25, -0.2) is 4.79 Å². The number of unbranched alkanes of at least 4 members (excludes halogenated alkanes) is 7. The zero-order valence-corrected chi connectivity index (χ0v) is 13.2. The molecule has 0 aromatic carbocycles. The van der Waals surface area contributed by atoms with E-state index in [2.05, 4.69) is 11.9 Å². The molecule has 0 saturated heterocycles. The molecule has 0 aliphatic carbocycles. The summed E-state index contributed by atoms with van der Waals surface area (Å²) in [6.45, 7) is 4.08. The van der Waals surface area contributed by atoms with Gasteiger partial charge in [0, 0.05) is 11.8 Å². The second kappa shape index (κ2) is 10.2. The van der Waals surface area contributed by atoms with Crippen LogP contribution < -0.4 is 0 Å². The molecule has 21 heavy (non-hydrogen) atoms. The summed E-state index contributed by atoms with van der Waals surface area (Å²) in [6, 6.07) is 1.61. The van der Waals surface area contributed by atoms with Gasteiger partial charge in [-0.05, 0) is 19.4 Å². The summed E-state index contributed by atoms with van der Waals surface area (Å²) in [7, 11) is 0. The second-order valence-corrected chi connectivity index (χ2v) is 5.43. The number of Topliss-reactive ketones (excluding diaryl/α,β-unsaturated/α-hetero) is 1. The van der Waals surface area contributed by atoms with E-state index in [1.54, 1.807) is 12.3 Å². The van der Waals surface area contributed by atoms with Gasteiger partial charge < -0.3 is 9.72 Å². The molecule has 0 fully saturated rings. The molecule has 0 radical (unpaired) electrons. The van der Waals surface area contributed by atoms with Crippen LogP contribution in [-0.4, -0.2) is 23.3 Å². The Labute approximate surface area is 127 Å². The predicted octanol–water partition coefficient (Wildman–Crippen LogP) is 4.51. The first kappa shape index (κ1) is 17.5. The van der Waals surface area contributed by atoms with Crippen molar-refractivity contribution in [2.45, 2.75) is 65.2 Å². The number of rotatable bonds is 11. The first-order valence-corrected chi connectivity index (χ1v) is 8.02. The Morgan fingerprint density at radius 1 is 1.05 bits per heavy atom. The van der Waals surface area contributed by atoms with Crippen LogP contribution in [0.3, 0.4) is 0 Å². The quantitative estimate of drug-likeness (QED) is 0.371. The minimum atomic E-state index is -0.437. The molecule has 0 amide bonds. The Morgan fingerprint density at radius 2 is 1.67 bits per heavy atom. The van der Waals surface area contributed by atoms with Crippen LogP contribution in [0.5, 0.6) is 0 Å². The average molecular weight is 293 g/mol. The SMILES string of the molecule is CCCCCCCCCCOC(=O)c1[nH]ccc1C(C)=O. The molecule has 4 nitrogen and oxygen atoms in total. The average Bonchev–Trinajstić information content (AvgIpc) is 2.95. The molecule has 1 heterocycles. The van der Waals surface area contributed by atoms with Gasteiger partial charge in [-0.15, -0.1) is 0 Å². The summed E-state index contributed by atoms with van der Waals surface area (Å²) in [5, 5.41) is 0. The highest BCUT2D eigenvalue weighted by Gasteiger charge is 2.16. The molecule has 0 unspecified atom stereocenters. The number of hydrogen-bond donors (Lipinski definition) is 1. The van der Waals surface area contributed by atoms with Crippen molar-refractivity contribution in [2.75, 3.05) is 6.61 Å². The van der Waals surface area contributed by atoms with E-state index in [1.165, 1.54) is 45.4 Å². The zero-order valence-electron chi connectivity index (χ0n) is 13.2. The summed E-state index contributed by atoms with van der Waals surface area (Å²) in [5.41, 5.74) is 0.665. The lowest BCUT2D eigenvalue weighted by Gasteiger charge is -2.05. The summed E-state index contributed by atoms with van der Waals surface area (Å²) in [5.74, 6) is -0.566. The fourth-order valence-electron chi connectivity index (χ4n) is 2.30. The number of H-pyrrole nitrogens is 1. The molecule has 0 aliphatic rings. The maximum atomic E-state index is 11.8. The van der Waals surface area contributed by atoms with Crippen LogP contribution in [0, 0.1) is 0 Å². The molecule has 1 rings (SSSR count). The Bertz CT molecular complexity index is 437. The third kappa shape index (κ3) is 6.61. The number of ether oxygens (including phenoxy) is 1. The van der Waals surface area contributed by atoms with Crippen LogP contribution in [0.1, 0.15) is 86.1 Å². The predicted molar refractivity (Wildman–Crippen MR) is 83.7 cm³/mol. The van der Waals surface area contributed by atoms with Gasteiger partial charge in [-0.1, -0.05) is 51.9 Å². The van der Waals surface area contributed by atoms with Crippen LogP contribution in [0.25, 0.3) is 0 Å². The van der Waals surface area contributed by atoms with E-state index in [1.807, 2.05) is 0 Å². The molecule has 0 bridgehead atoms. The summed E-state index contributed by atoms with van der Waals surface area (Å²) >= 11 is 0. The van der Waals surface area contributed by atoms with Gasteiger partial charge in [-0.2, -0.15) is 0 Å². The number of aromatic amines is 1. The van der Waals surface area contributed by atoms with Crippen molar-refractivity contribution < 1.29 is 14.3 Å². The van der Waals surface area contributed by atoms with E-state index in [0.29, 0.717) is 12.2 Å². The van der Waals surface area contributed by atoms with Gasteiger partial charge in [0.1, 0.15) is 5.69 Å². The standard InChI is InChI=1S/C17H27NO3/c1-3-4-5-6-7-8-9-10-13-21-17(20)16-15(14(2)19)11-12-18-16/h11-12,18H,3-10,13H2,1-2H3. The van der Waals surface area contributed by atoms with Gasteiger partial charge in [-0.3, -0.25) is 4.79 Å². The molecule has 1 aromatic rings. The highest BCUT2D eigenvalue weighted by atomic mass is 16.5. The lowest BCUT2D eigenvalue weighted by Crippen LogP contribution is -2.10. The van der Waals surface area contributed by atoms with Crippen LogP contribution in [-0.2, 0) is 4.74 Å². The Kier molecular flexibility index (Phi) is 8.48. The molecular weight excluding hydrogens is 266 g/mol. The molecule has 0 spiro atoms. The first-order chi connectivity index (χ1) is 10.2. The Morgan fingerprint density at radius 3 is 2.29 bits per heavy atom. The van der Waals surface area contributed by atoms with Gasteiger partial charge >= 0.3 is 5.97 Å². The lowest BCUT2D eigenvalue weighted by atomic mass is 10.1. The minimum absolute atomic E-state index is 0.129. The normalized spacial score (nSPS) is 10.6. The van der Waals surface area contributed by atoms with Crippen molar-refractivity contribution in [1.82, 2.24) is 4.98 Å². The topological polar surface area (TPSA) is 59.2 Å². The Balaban J connectivity index is 2.11. The van der Waals surface area contributed by atoms with Crippen molar-refractivity contribution in [3.63, 3.8) is 0 Å². The summed E-state index contributed by atoms with van der Waals surface area (Å²) in [4.78, 5) is 25.9. The fourth-order valence-corrected chi connectivity index (χ4v) is 2.30. The van der Waals surface area contributed by atoms with E-state index >= 15 is 0 Å². The molecule has 1 aromatic heterocycles. The highest BCUT2D eigenvalue weighted by molar-refractivity contribution is 6.04. The number of esters is 1. The van der Waals surface area contributed by atoms with E-state index in [0.717, 1.165) is 12.8 Å². The number of carbonyl (C=O) groups is 2. The molecule has 118 valence electrons. The minimum Gasteiger partial charge on any atom is -0.461 e. The molecule has 1 N–H and O–H groups in total. The smallest absolute Gasteiger partial charge is 0.355 e. The van der Waals surface area contributed by atoms with E-state index < -0.39 is 5.97 Å². The van der Waals surface area contributed by atoms with Crippen molar-refractivity contribution in [3.05, 3.63) is 23.5 Å². The van der Waals surface area contributed by atoms with Crippen LogP contribution in [0.4, 0.5) is 0 Å². The number of nitrogens with one attached hydrogen (secondary N) is 1. The largest absolute Gasteiger partial charge is 0.461 e. The number of hydrogen-bond acceptors (Lipinski definition) is 3. The molecule has 0 atom stereocenters. The van der Waals surface area contributed by atoms with Crippen LogP contribution >= 0.6 is 0 Å². The summed E-state index contributed by atoms with van der Waals surface area (Å²) < 4.78 is 5.20. The van der Waals surface area contributed by atoms with Crippen molar-refractivity contribution in [2.24, 2.45) is 0 Å². The number of carbonyl (C=O) groups excluding carboxylic acids is 2. The molecular formula is C17H27NO3. The zero-order chi connectivity index (χ0) is 15.5. The first-order valence-electron chi connectivity index (χ1n) is 8.02. The van der Waals surface area contributed by atoms with E-state index in [-0.39, 0.29) is 11.5 Å². The van der Waals surface area contributed by atoms with E-state index in [4.69, 9.17) is 4.74 Å². The van der Waals surface area contributed by atoms with Gasteiger partial charge in [0.25, 0.3) is 0 Å². The molecule has 0 aliphatic heterocycles. The number of aromatic nitrogens is 1. The second-order valence-electron chi connectivity index (χ2n) is 5.43. The van der Waals surface area contributed by atoms with Gasteiger partial charge in [0.15, 0.2) is 5.78 Å². The van der Waals surface area contributed by atoms with Crippen molar-refractivity contribution in [3.8, 4) is 0 Å². The molecule has 0 saturated carbocycles. The fraction of sp³-hybridized carbons (Fsp3) is 0.647. The number of ketones is 1. The lowest BCUT2D eigenvalue weighted by molar-refractivity contribution is 0.0488. The van der Waals surface area contributed by atoms with Crippen LogP contribution in [0.15, 0.2) is 12.3 Å². The van der Waals surface area contributed by atoms with Gasteiger partial charge in [0.05, 0.1) is 6.61 Å². The highest BCUT2D eigenvalue weighted by Crippen LogP contribution is 2.11. The third-order valence-electron chi connectivity index (χ3n) is 3.56. The third-order valence-corrected chi connectivity index (χ3v) is 3.56. The maximum absolute atomic E-state index is 11.8. The van der Waals surface area contributed by atoms with Crippen molar-refractivity contribution in [1.29, 1.82) is 0 Å². The Hall–Kier alpha value is -1.58. The van der Waals surface area contributed by atoms with Crippen molar-refractivity contribution >= 4 is 11.8 Å².